The molecule has 1 aliphatic carbocycles. The van der Waals surface area contributed by atoms with E-state index in [1.54, 1.807) is 0 Å². The topological polar surface area (TPSA) is 0 Å². The van der Waals surface area contributed by atoms with Crippen molar-refractivity contribution in [1.29, 1.82) is 0 Å². The molecule has 0 aromatic rings. The maximum absolute atomic E-state index is 2.22. The Bertz CT molecular complexity index is 159. The molecule has 1 aliphatic rings. The van der Waals surface area contributed by atoms with Gasteiger partial charge in [-0.15, -0.1) is 0 Å². The van der Waals surface area contributed by atoms with Gasteiger partial charge in [-0.1, -0.05) is 37.6 Å². The first kappa shape index (κ1) is 6.60. The van der Waals surface area contributed by atoms with E-state index in [1.807, 2.05) is 0 Å². The van der Waals surface area contributed by atoms with Gasteiger partial charge in [0.15, 0.2) is 0 Å². The molecule has 0 heterocycles. The monoisotopic (exact) mass is 121 g/mol. The van der Waals surface area contributed by atoms with Gasteiger partial charge in [-0.2, -0.15) is 0 Å². The van der Waals surface area contributed by atoms with Gasteiger partial charge >= 0.3 is 0 Å². The second-order valence-electron chi connectivity index (χ2n) is 3.12. The van der Waals surface area contributed by atoms with Gasteiger partial charge in [0, 0.05) is 11.8 Å². The molecule has 0 saturated heterocycles. The summed E-state index contributed by atoms with van der Waals surface area (Å²) in [6, 6.07) is 0. The minimum atomic E-state index is 0.286. The van der Waals surface area contributed by atoms with Gasteiger partial charge in [-0.25, -0.2) is 0 Å². The molecule has 0 N–H and O–H groups in total. The van der Waals surface area contributed by atoms with E-state index in [4.69, 9.17) is 0 Å². The van der Waals surface area contributed by atoms with Crippen LogP contribution in [0.4, 0.5) is 0 Å². The zero-order chi connectivity index (χ0) is 6.91. The zero-order valence-corrected chi connectivity index (χ0v) is 6.31. The van der Waals surface area contributed by atoms with Crippen LogP contribution in [0.2, 0.25) is 0 Å². The van der Waals surface area contributed by atoms with Crippen LogP contribution in [0, 0.1) is 11.8 Å². The lowest BCUT2D eigenvalue weighted by atomic mass is 9.81. The molecule has 0 amide bonds. The Morgan fingerprint density at radius 1 is 1.33 bits per heavy atom. The van der Waals surface area contributed by atoms with Gasteiger partial charge in [-0.3, -0.25) is 0 Å². The molecule has 0 aromatic carbocycles. The maximum Gasteiger partial charge on any atom is 0.00474 e. The molecule has 0 bridgehead atoms. The second-order valence-corrected chi connectivity index (χ2v) is 3.12. The van der Waals surface area contributed by atoms with Gasteiger partial charge in [0.25, 0.3) is 0 Å². The largest absolute Gasteiger partial charge is 0.0799 e. The van der Waals surface area contributed by atoms with Crippen molar-refractivity contribution in [1.82, 2.24) is 0 Å². The molecule has 0 aliphatic heterocycles. The van der Waals surface area contributed by atoms with Gasteiger partial charge in [0.05, 0.1) is 0 Å². The average molecular weight is 121 g/mol. The Morgan fingerprint density at radius 2 is 2.00 bits per heavy atom. The summed E-state index contributed by atoms with van der Waals surface area (Å²) in [6.45, 7) is 6.62. The minimum absolute atomic E-state index is 0.286. The smallest absolute Gasteiger partial charge is 0.00474 e. The summed E-state index contributed by atoms with van der Waals surface area (Å²) in [5, 5.41) is 0. The molecule has 0 heteroatoms. The van der Waals surface area contributed by atoms with Gasteiger partial charge in [-0.05, 0) is 6.92 Å². The zero-order valence-electron chi connectivity index (χ0n) is 6.31. The number of hydrogen-bond acceptors (Lipinski definition) is 0. The van der Waals surface area contributed by atoms with Gasteiger partial charge in [0.1, 0.15) is 0 Å². The van der Waals surface area contributed by atoms with E-state index >= 15 is 0 Å². The Morgan fingerprint density at radius 3 is 2.33 bits per heavy atom. The van der Waals surface area contributed by atoms with Crippen LogP contribution in [0.15, 0.2) is 23.8 Å². The SMILES string of the molecule is CC1=C[CH]C=CC1(C)C. The van der Waals surface area contributed by atoms with Crippen LogP contribution in [-0.4, -0.2) is 0 Å². The molecule has 0 spiro atoms. The van der Waals surface area contributed by atoms with Gasteiger partial charge in [0.2, 0.25) is 0 Å². The molecule has 0 saturated carbocycles. The number of hydrogen-bond donors (Lipinski definition) is 0. The predicted molar refractivity (Wildman–Crippen MR) is 41.0 cm³/mol. The van der Waals surface area contributed by atoms with Crippen LogP contribution < -0.4 is 0 Å². The Balaban J connectivity index is 2.83. The van der Waals surface area contributed by atoms with Crippen molar-refractivity contribution in [3.05, 3.63) is 30.2 Å². The van der Waals surface area contributed by atoms with E-state index in [2.05, 4.69) is 45.4 Å². The number of allylic oxidation sites excluding steroid dienone is 4. The summed E-state index contributed by atoms with van der Waals surface area (Å²) in [6.07, 6.45) is 8.58. The van der Waals surface area contributed by atoms with E-state index in [0.717, 1.165) is 0 Å². The first-order valence-corrected chi connectivity index (χ1v) is 3.33. The van der Waals surface area contributed by atoms with Crippen LogP contribution >= 0.6 is 0 Å². The van der Waals surface area contributed by atoms with Gasteiger partial charge < -0.3 is 0 Å². The normalized spacial score (nSPS) is 23.7. The van der Waals surface area contributed by atoms with Crippen molar-refractivity contribution in [3.63, 3.8) is 0 Å². The first-order valence-electron chi connectivity index (χ1n) is 3.33. The molecule has 49 valence electrons. The molecule has 1 radical (unpaired) electrons. The van der Waals surface area contributed by atoms with Crippen molar-refractivity contribution in [2.24, 2.45) is 5.41 Å². The molecule has 9 heavy (non-hydrogen) atoms. The van der Waals surface area contributed by atoms with E-state index in [9.17, 15) is 0 Å². The van der Waals surface area contributed by atoms with Crippen molar-refractivity contribution in [2.75, 3.05) is 0 Å². The van der Waals surface area contributed by atoms with Crippen molar-refractivity contribution >= 4 is 0 Å². The summed E-state index contributed by atoms with van der Waals surface area (Å²) in [5.74, 6) is 0. The summed E-state index contributed by atoms with van der Waals surface area (Å²) in [4.78, 5) is 0. The van der Waals surface area contributed by atoms with E-state index < -0.39 is 0 Å². The van der Waals surface area contributed by atoms with Crippen molar-refractivity contribution in [2.45, 2.75) is 20.8 Å². The summed E-state index contributed by atoms with van der Waals surface area (Å²) in [7, 11) is 0. The highest BCUT2D eigenvalue weighted by Gasteiger charge is 2.17. The predicted octanol–water partition coefficient (Wildman–Crippen LogP) is 2.73. The molecule has 1 rings (SSSR count). The molecule has 0 aromatic heterocycles. The lowest BCUT2D eigenvalue weighted by molar-refractivity contribution is 0.574. The van der Waals surface area contributed by atoms with Crippen LogP contribution in [0.5, 0.6) is 0 Å². The Hall–Kier alpha value is -0.520. The fourth-order valence-electron chi connectivity index (χ4n) is 0.842. The fraction of sp³-hybridized carbons (Fsp3) is 0.444. The standard InChI is InChI=1S/C9H13/c1-8-6-4-5-7-9(8,2)3/h4-7H,1-3H3. The third kappa shape index (κ3) is 1.24. The highest BCUT2D eigenvalue weighted by Crippen LogP contribution is 2.30. The third-order valence-corrected chi connectivity index (χ3v) is 1.99. The summed E-state index contributed by atoms with van der Waals surface area (Å²) < 4.78 is 0. The van der Waals surface area contributed by atoms with E-state index in [1.165, 1.54) is 5.57 Å². The Kier molecular flexibility index (Phi) is 1.48. The lowest BCUT2D eigenvalue weighted by Crippen LogP contribution is -2.11. The van der Waals surface area contributed by atoms with Crippen LogP contribution in [-0.2, 0) is 0 Å². The van der Waals surface area contributed by atoms with Crippen LogP contribution in [0.25, 0.3) is 0 Å². The molecular weight excluding hydrogens is 108 g/mol. The molecule has 0 fully saturated rings. The maximum atomic E-state index is 2.22. The van der Waals surface area contributed by atoms with Crippen molar-refractivity contribution < 1.29 is 0 Å². The van der Waals surface area contributed by atoms with Crippen molar-refractivity contribution in [3.8, 4) is 0 Å². The lowest BCUT2D eigenvalue weighted by Gasteiger charge is -2.23. The number of rotatable bonds is 0. The molecule has 0 unspecified atom stereocenters. The van der Waals surface area contributed by atoms with Crippen LogP contribution in [0.1, 0.15) is 20.8 Å². The van der Waals surface area contributed by atoms with E-state index in [0.29, 0.717) is 0 Å². The second kappa shape index (κ2) is 2.02. The quantitative estimate of drug-likeness (QED) is 0.462. The molecular formula is C9H13. The van der Waals surface area contributed by atoms with Crippen LogP contribution in [0.3, 0.4) is 0 Å². The highest BCUT2D eigenvalue weighted by atomic mass is 14.2. The first-order chi connectivity index (χ1) is 4.13. The minimum Gasteiger partial charge on any atom is -0.0799 e. The van der Waals surface area contributed by atoms with E-state index in [-0.39, 0.29) is 5.41 Å². The summed E-state index contributed by atoms with van der Waals surface area (Å²) in [5.41, 5.74) is 1.72. The third-order valence-electron chi connectivity index (χ3n) is 1.99. The molecule has 0 atom stereocenters. The fourth-order valence-corrected chi connectivity index (χ4v) is 0.842. The Labute approximate surface area is 57.3 Å². The highest BCUT2D eigenvalue weighted by molar-refractivity contribution is 5.29. The average Bonchev–Trinajstić information content (AvgIpc) is 1.77. The molecule has 0 nitrogen and oxygen atoms in total. The summed E-state index contributed by atoms with van der Waals surface area (Å²) >= 11 is 0.